The molecule has 7 aromatic carbocycles. The Morgan fingerprint density at radius 2 is 1.02 bits per heavy atom. The van der Waals surface area contributed by atoms with Crippen LogP contribution in [0, 0.1) is 0 Å². The fraction of sp³-hybridized carbons (Fsp3) is 0. The summed E-state index contributed by atoms with van der Waals surface area (Å²) >= 11 is 0. The number of fused-ring (bicyclic) bond motifs is 5. The van der Waals surface area contributed by atoms with Crippen LogP contribution < -0.4 is 21.9 Å². The molecule has 0 aliphatic rings. The van der Waals surface area contributed by atoms with Crippen molar-refractivity contribution in [3.8, 4) is 33.4 Å². The molecule has 0 N–H and O–H groups in total. The fourth-order valence-corrected chi connectivity index (χ4v) is 7.04. The van der Waals surface area contributed by atoms with Crippen LogP contribution in [-0.2, 0) is 0 Å². The zero-order chi connectivity index (χ0) is 29.2. The van der Waals surface area contributed by atoms with Crippen molar-refractivity contribution in [3.05, 3.63) is 121 Å². The Kier molecular flexibility index (Phi) is 5.91. The third-order valence-corrected chi connectivity index (χ3v) is 9.55. The van der Waals surface area contributed by atoms with Crippen molar-refractivity contribution in [2.75, 3.05) is 0 Å². The standard InChI is InChI=1S/C38H28B4O/c39-30-20-29(36(40)38(42)37(30)41)34-26-13-6-4-11-24(26)33(25-12-5-7-14-27(25)34)22-17-18-31-28(19-22)35-23(15-8-16-32(35)43-31)21-9-2-1-3-10-21/h1-20H,39-42H2. The first-order chi connectivity index (χ1) is 21.0. The average molecular weight is 544 g/mol. The number of furan rings is 1. The lowest BCUT2D eigenvalue weighted by Crippen LogP contribution is -2.47. The molecule has 0 saturated carbocycles. The summed E-state index contributed by atoms with van der Waals surface area (Å²) in [4.78, 5) is 0. The molecule has 0 fully saturated rings. The fourth-order valence-electron chi connectivity index (χ4n) is 7.04. The van der Waals surface area contributed by atoms with Gasteiger partial charge in [0.1, 0.15) is 42.6 Å². The molecule has 0 radical (unpaired) electrons. The molecule has 1 nitrogen and oxygen atoms in total. The van der Waals surface area contributed by atoms with E-state index in [0.29, 0.717) is 0 Å². The van der Waals surface area contributed by atoms with Crippen molar-refractivity contribution < 1.29 is 4.42 Å². The summed E-state index contributed by atoms with van der Waals surface area (Å²) in [5.74, 6) is 0. The number of hydrogen-bond donors (Lipinski definition) is 0. The molecule has 0 bridgehead atoms. The molecule has 0 aliphatic heterocycles. The van der Waals surface area contributed by atoms with E-state index in [1.807, 2.05) is 0 Å². The molecular formula is C38H28B4O. The Bertz CT molecular complexity index is 2330. The van der Waals surface area contributed by atoms with E-state index in [0.717, 1.165) is 21.9 Å². The first kappa shape index (κ1) is 25.8. The quantitative estimate of drug-likeness (QED) is 0.243. The Morgan fingerprint density at radius 3 is 1.70 bits per heavy atom. The highest BCUT2D eigenvalue weighted by atomic mass is 16.3. The van der Waals surface area contributed by atoms with Gasteiger partial charge in [0.25, 0.3) is 0 Å². The molecule has 0 spiro atoms. The minimum atomic E-state index is 0.911. The molecule has 1 heterocycles. The summed E-state index contributed by atoms with van der Waals surface area (Å²) in [6, 6.07) is 43.9. The van der Waals surface area contributed by atoms with E-state index in [1.54, 1.807) is 0 Å². The molecule has 0 unspecified atom stereocenters. The molecule has 5 heteroatoms. The molecule has 8 rings (SSSR count). The highest BCUT2D eigenvalue weighted by molar-refractivity contribution is 6.63. The maximum absolute atomic E-state index is 6.40. The van der Waals surface area contributed by atoms with Crippen molar-refractivity contribution in [1.29, 1.82) is 0 Å². The number of hydrogen-bond acceptors (Lipinski definition) is 1. The molecule has 198 valence electrons. The van der Waals surface area contributed by atoms with Crippen LogP contribution in [0.25, 0.3) is 76.9 Å². The molecule has 0 atom stereocenters. The third-order valence-electron chi connectivity index (χ3n) is 9.55. The summed E-state index contributed by atoms with van der Waals surface area (Å²) in [5.41, 5.74) is 14.8. The van der Waals surface area contributed by atoms with Crippen molar-refractivity contribution in [2.45, 2.75) is 0 Å². The van der Waals surface area contributed by atoms with Gasteiger partial charge in [0.15, 0.2) is 0 Å². The predicted molar refractivity (Wildman–Crippen MR) is 198 cm³/mol. The average Bonchev–Trinajstić information content (AvgIpc) is 3.43. The molecule has 43 heavy (non-hydrogen) atoms. The van der Waals surface area contributed by atoms with Gasteiger partial charge >= 0.3 is 0 Å². The van der Waals surface area contributed by atoms with Gasteiger partial charge in [-0.2, -0.15) is 0 Å². The summed E-state index contributed by atoms with van der Waals surface area (Å²) in [6.45, 7) is 0. The van der Waals surface area contributed by atoms with Gasteiger partial charge in [0, 0.05) is 10.8 Å². The smallest absolute Gasteiger partial charge is 0.139 e. The Morgan fingerprint density at radius 1 is 0.395 bits per heavy atom. The maximum Gasteiger partial charge on any atom is 0.139 e. The van der Waals surface area contributed by atoms with E-state index in [1.165, 1.54) is 76.8 Å². The SMILES string of the molecule is Bc1cc(-c2c3ccccc3c(-c3ccc4oc5cccc(-c6ccccc6)c5c4c3)c3ccccc23)c(B)c(B)c1B. The van der Waals surface area contributed by atoms with Crippen LogP contribution in [0.1, 0.15) is 0 Å². The van der Waals surface area contributed by atoms with Crippen molar-refractivity contribution in [2.24, 2.45) is 0 Å². The van der Waals surface area contributed by atoms with Crippen LogP contribution in [0.4, 0.5) is 0 Å². The monoisotopic (exact) mass is 544 g/mol. The van der Waals surface area contributed by atoms with E-state index in [2.05, 4.69) is 153 Å². The van der Waals surface area contributed by atoms with E-state index in [-0.39, 0.29) is 0 Å². The first-order valence-corrected chi connectivity index (χ1v) is 15.0. The first-order valence-electron chi connectivity index (χ1n) is 15.0. The lowest BCUT2D eigenvalue weighted by atomic mass is 9.64. The minimum Gasteiger partial charge on any atom is -0.456 e. The topological polar surface area (TPSA) is 13.1 Å². The second-order valence-corrected chi connectivity index (χ2v) is 11.8. The van der Waals surface area contributed by atoms with E-state index >= 15 is 0 Å². The second kappa shape index (κ2) is 9.85. The summed E-state index contributed by atoms with van der Waals surface area (Å²) in [7, 11) is 9.00. The maximum atomic E-state index is 6.40. The Labute approximate surface area is 255 Å². The normalized spacial score (nSPS) is 11.6. The van der Waals surface area contributed by atoms with Crippen LogP contribution in [-0.4, -0.2) is 31.4 Å². The van der Waals surface area contributed by atoms with Crippen molar-refractivity contribution in [1.82, 2.24) is 0 Å². The largest absolute Gasteiger partial charge is 0.456 e. The van der Waals surface area contributed by atoms with Crippen LogP contribution >= 0.6 is 0 Å². The van der Waals surface area contributed by atoms with E-state index in [4.69, 9.17) is 4.42 Å². The van der Waals surface area contributed by atoms with E-state index < -0.39 is 0 Å². The van der Waals surface area contributed by atoms with Gasteiger partial charge in [-0.25, -0.2) is 0 Å². The van der Waals surface area contributed by atoms with Gasteiger partial charge in [-0.1, -0.05) is 114 Å². The molecule has 0 amide bonds. The molecule has 8 aromatic rings. The van der Waals surface area contributed by atoms with E-state index in [9.17, 15) is 0 Å². The predicted octanol–water partition coefficient (Wildman–Crippen LogP) is 3.93. The van der Waals surface area contributed by atoms with Crippen LogP contribution in [0.5, 0.6) is 0 Å². The Hall–Kier alpha value is -4.88. The van der Waals surface area contributed by atoms with Crippen molar-refractivity contribution >= 4 is 96.7 Å². The van der Waals surface area contributed by atoms with Crippen LogP contribution in [0.2, 0.25) is 0 Å². The molecule has 0 aliphatic carbocycles. The summed E-state index contributed by atoms with van der Waals surface area (Å²) in [6.07, 6.45) is 0. The number of benzene rings is 7. The van der Waals surface area contributed by atoms with Crippen molar-refractivity contribution in [3.63, 3.8) is 0 Å². The summed E-state index contributed by atoms with van der Waals surface area (Å²) in [5, 5.41) is 7.40. The van der Waals surface area contributed by atoms with Crippen LogP contribution in [0.3, 0.4) is 0 Å². The lowest BCUT2D eigenvalue weighted by Gasteiger charge is -2.21. The highest BCUT2D eigenvalue weighted by Crippen LogP contribution is 2.45. The lowest BCUT2D eigenvalue weighted by molar-refractivity contribution is 0.669. The number of rotatable bonds is 3. The third kappa shape index (κ3) is 3.92. The molecule has 0 saturated heterocycles. The van der Waals surface area contributed by atoms with Crippen LogP contribution in [0.15, 0.2) is 126 Å². The van der Waals surface area contributed by atoms with Gasteiger partial charge in [0.05, 0.1) is 0 Å². The second-order valence-electron chi connectivity index (χ2n) is 11.8. The summed E-state index contributed by atoms with van der Waals surface area (Å²) < 4.78 is 6.40. The van der Waals surface area contributed by atoms with Gasteiger partial charge in [0.2, 0.25) is 0 Å². The van der Waals surface area contributed by atoms with Gasteiger partial charge < -0.3 is 4.42 Å². The zero-order valence-electron chi connectivity index (χ0n) is 25.0. The minimum absolute atomic E-state index is 0.911. The molecular weight excluding hydrogens is 516 g/mol. The molecule has 1 aromatic heterocycles. The highest BCUT2D eigenvalue weighted by Gasteiger charge is 2.20. The van der Waals surface area contributed by atoms with Gasteiger partial charge in [-0.3, -0.25) is 0 Å². The Balaban J connectivity index is 1.47. The zero-order valence-corrected chi connectivity index (χ0v) is 25.0. The van der Waals surface area contributed by atoms with Gasteiger partial charge in [-0.15, -0.1) is 10.9 Å². The van der Waals surface area contributed by atoms with Gasteiger partial charge in [-0.05, 0) is 73.1 Å².